The third kappa shape index (κ3) is 4.83. The Hall–Kier alpha value is -1.61. The number of hydrogen-bond donors (Lipinski definition) is 1. The summed E-state index contributed by atoms with van der Waals surface area (Å²) in [5.41, 5.74) is 2.64. The second-order valence-corrected chi connectivity index (χ2v) is 3.96. The maximum absolute atomic E-state index is 11.1. The fraction of sp³-hybridized carbons (Fsp3) is 0.357. The summed E-state index contributed by atoms with van der Waals surface area (Å²) in [7, 11) is 0. The Morgan fingerprint density at radius 1 is 1.24 bits per heavy atom. The molecule has 0 unspecified atom stereocenters. The number of rotatable bonds is 6. The number of aliphatic hydroxyl groups excluding tert-OH is 1. The van der Waals surface area contributed by atoms with Crippen molar-refractivity contribution in [2.24, 2.45) is 0 Å². The van der Waals surface area contributed by atoms with Crippen molar-refractivity contribution in [3.05, 3.63) is 47.5 Å². The van der Waals surface area contributed by atoms with Gasteiger partial charge < -0.3 is 9.84 Å². The van der Waals surface area contributed by atoms with E-state index in [1.165, 1.54) is 0 Å². The summed E-state index contributed by atoms with van der Waals surface area (Å²) in [6.45, 7) is 5.67. The molecule has 0 saturated heterocycles. The molecule has 3 nitrogen and oxygen atoms in total. The van der Waals surface area contributed by atoms with E-state index >= 15 is 0 Å². The van der Waals surface area contributed by atoms with Crippen molar-refractivity contribution in [2.75, 3.05) is 13.2 Å². The van der Waals surface area contributed by atoms with Gasteiger partial charge in [-0.3, -0.25) is 0 Å². The first-order chi connectivity index (χ1) is 8.13. The molecular formula is C14H18O3. The lowest BCUT2D eigenvalue weighted by atomic mass is 10.1. The van der Waals surface area contributed by atoms with Crippen LogP contribution in [-0.2, 0) is 22.4 Å². The Balaban J connectivity index is 2.37. The number of hydrogen-bond acceptors (Lipinski definition) is 3. The van der Waals surface area contributed by atoms with E-state index in [-0.39, 0.29) is 12.6 Å². The summed E-state index contributed by atoms with van der Waals surface area (Å²) >= 11 is 0. The third-order valence-electron chi connectivity index (χ3n) is 2.40. The number of esters is 1. The molecule has 0 aromatic heterocycles. The van der Waals surface area contributed by atoms with Crippen molar-refractivity contribution in [3.8, 4) is 0 Å². The predicted molar refractivity (Wildman–Crippen MR) is 66.7 cm³/mol. The summed E-state index contributed by atoms with van der Waals surface area (Å²) in [5, 5.41) is 8.78. The molecule has 0 spiro atoms. The number of carbonyl (C=O) groups excluding carboxylic acids is 1. The van der Waals surface area contributed by atoms with Crippen LogP contribution in [0.15, 0.2) is 36.4 Å². The molecule has 0 aliphatic carbocycles. The van der Waals surface area contributed by atoms with Crippen LogP contribution in [0.5, 0.6) is 0 Å². The van der Waals surface area contributed by atoms with Crippen LogP contribution < -0.4 is 0 Å². The zero-order valence-corrected chi connectivity index (χ0v) is 10.1. The molecule has 0 saturated carbocycles. The lowest BCUT2D eigenvalue weighted by Crippen LogP contribution is -2.08. The van der Waals surface area contributed by atoms with Crippen LogP contribution in [0.1, 0.15) is 18.1 Å². The molecule has 0 atom stereocenters. The summed E-state index contributed by atoms with van der Waals surface area (Å²) < 4.78 is 5.01. The molecule has 1 aromatic carbocycles. The first-order valence-corrected chi connectivity index (χ1v) is 5.65. The molecular weight excluding hydrogens is 216 g/mol. The van der Waals surface area contributed by atoms with Crippen molar-refractivity contribution >= 4 is 5.97 Å². The van der Waals surface area contributed by atoms with E-state index in [1.54, 1.807) is 6.92 Å². The molecule has 0 radical (unpaired) electrons. The van der Waals surface area contributed by atoms with E-state index in [0.29, 0.717) is 25.0 Å². The van der Waals surface area contributed by atoms with E-state index in [0.717, 1.165) is 11.1 Å². The molecule has 1 rings (SSSR count). The number of aliphatic hydroxyl groups is 1. The van der Waals surface area contributed by atoms with E-state index in [1.807, 2.05) is 24.3 Å². The molecule has 92 valence electrons. The fourth-order valence-corrected chi connectivity index (χ4v) is 1.39. The highest BCUT2D eigenvalue weighted by atomic mass is 16.5. The van der Waals surface area contributed by atoms with Gasteiger partial charge >= 0.3 is 5.97 Å². The van der Waals surface area contributed by atoms with Crippen LogP contribution in [0.4, 0.5) is 0 Å². The minimum atomic E-state index is -0.345. The van der Waals surface area contributed by atoms with Crippen molar-refractivity contribution in [1.82, 2.24) is 0 Å². The number of benzene rings is 1. The van der Waals surface area contributed by atoms with E-state index in [2.05, 4.69) is 6.58 Å². The highest BCUT2D eigenvalue weighted by molar-refractivity contribution is 5.86. The van der Waals surface area contributed by atoms with Gasteiger partial charge in [-0.25, -0.2) is 4.79 Å². The minimum absolute atomic E-state index is 0.162. The molecule has 0 aliphatic rings. The number of carbonyl (C=O) groups is 1. The Bertz CT molecular complexity index is 379. The molecule has 0 amide bonds. The van der Waals surface area contributed by atoms with Crippen LogP contribution >= 0.6 is 0 Å². The monoisotopic (exact) mass is 234 g/mol. The van der Waals surface area contributed by atoms with Crippen molar-refractivity contribution in [1.29, 1.82) is 0 Å². The van der Waals surface area contributed by atoms with E-state index in [4.69, 9.17) is 9.84 Å². The van der Waals surface area contributed by atoms with Gasteiger partial charge in [-0.2, -0.15) is 0 Å². The summed E-state index contributed by atoms with van der Waals surface area (Å²) in [6.07, 6.45) is 1.36. The molecule has 3 heteroatoms. The summed E-state index contributed by atoms with van der Waals surface area (Å²) in [4.78, 5) is 11.1. The average Bonchev–Trinajstić information content (AvgIpc) is 2.31. The second kappa shape index (κ2) is 6.86. The average molecular weight is 234 g/mol. The topological polar surface area (TPSA) is 46.5 Å². The fourth-order valence-electron chi connectivity index (χ4n) is 1.39. The van der Waals surface area contributed by atoms with Gasteiger partial charge in [0.05, 0.1) is 6.61 Å². The SMILES string of the molecule is C=C(C)C(=O)OCCc1ccc(CCO)cc1. The Labute approximate surface area is 102 Å². The molecule has 0 fully saturated rings. The van der Waals surface area contributed by atoms with Crippen molar-refractivity contribution in [2.45, 2.75) is 19.8 Å². The molecule has 0 aliphatic heterocycles. The molecule has 1 N–H and O–H groups in total. The summed E-state index contributed by atoms with van der Waals surface area (Å²) in [5.74, 6) is -0.345. The molecule has 1 aromatic rings. The van der Waals surface area contributed by atoms with Gasteiger partial charge in [-0.15, -0.1) is 0 Å². The Morgan fingerprint density at radius 2 is 1.76 bits per heavy atom. The molecule has 0 heterocycles. The predicted octanol–water partition coefficient (Wildman–Crippen LogP) is 1.88. The lowest BCUT2D eigenvalue weighted by molar-refractivity contribution is -0.138. The van der Waals surface area contributed by atoms with E-state index in [9.17, 15) is 4.79 Å². The Kier molecular flexibility index (Phi) is 5.43. The standard InChI is InChI=1S/C14H18O3/c1-11(2)14(16)17-10-8-13-5-3-12(4-6-13)7-9-15/h3-6,15H,1,7-10H2,2H3. The van der Waals surface area contributed by atoms with E-state index < -0.39 is 0 Å². The van der Waals surface area contributed by atoms with Gasteiger partial charge in [0.25, 0.3) is 0 Å². The summed E-state index contributed by atoms with van der Waals surface area (Å²) in [6, 6.07) is 7.93. The molecule has 0 bridgehead atoms. The van der Waals surface area contributed by atoms with Gasteiger partial charge in [0.15, 0.2) is 0 Å². The normalized spacial score (nSPS) is 10.0. The van der Waals surface area contributed by atoms with Gasteiger partial charge in [0.2, 0.25) is 0 Å². The molecule has 17 heavy (non-hydrogen) atoms. The van der Waals surface area contributed by atoms with Crippen LogP contribution in [0.25, 0.3) is 0 Å². The minimum Gasteiger partial charge on any atom is -0.462 e. The van der Waals surface area contributed by atoms with Gasteiger partial charge in [-0.1, -0.05) is 30.8 Å². The zero-order valence-electron chi connectivity index (χ0n) is 10.1. The highest BCUT2D eigenvalue weighted by Gasteiger charge is 2.02. The zero-order chi connectivity index (χ0) is 12.7. The second-order valence-electron chi connectivity index (χ2n) is 3.96. The van der Waals surface area contributed by atoms with Crippen LogP contribution in [0.2, 0.25) is 0 Å². The maximum Gasteiger partial charge on any atom is 0.333 e. The van der Waals surface area contributed by atoms with Crippen LogP contribution in [0.3, 0.4) is 0 Å². The quantitative estimate of drug-likeness (QED) is 0.604. The third-order valence-corrected chi connectivity index (χ3v) is 2.40. The van der Waals surface area contributed by atoms with Gasteiger partial charge in [0, 0.05) is 18.6 Å². The highest BCUT2D eigenvalue weighted by Crippen LogP contribution is 2.06. The Morgan fingerprint density at radius 3 is 2.24 bits per heavy atom. The first-order valence-electron chi connectivity index (χ1n) is 5.65. The van der Waals surface area contributed by atoms with Crippen molar-refractivity contribution < 1.29 is 14.6 Å². The lowest BCUT2D eigenvalue weighted by Gasteiger charge is -2.05. The first kappa shape index (κ1) is 13.5. The smallest absolute Gasteiger partial charge is 0.333 e. The number of ether oxygens (including phenoxy) is 1. The van der Waals surface area contributed by atoms with Crippen LogP contribution in [0, 0.1) is 0 Å². The van der Waals surface area contributed by atoms with Crippen LogP contribution in [-0.4, -0.2) is 24.3 Å². The largest absolute Gasteiger partial charge is 0.462 e. The van der Waals surface area contributed by atoms with Gasteiger partial charge in [-0.05, 0) is 24.5 Å². The van der Waals surface area contributed by atoms with Crippen molar-refractivity contribution in [3.63, 3.8) is 0 Å². The van der Waals surface area contributed by atoms with Gasteiger partial charge in [0.1, 0.15) is 0 Å². The maximum atomic E-state index is 11.1.